The molecule has 0 saturated heterocycles. The van der Waals surface area contributed by atoms with Gasteiger partial charge < -0.3 is 5.32 Å². The van der Waals surface area contributed by atoms with E-state index in [0.717, 1.165) is 18.4 Å². The standard InChI is InChI=1S/C9H11FN2.C2H6/c1-6-4-8(10)9(11-5-6)12-7-2-3-7;1-2/h4-5,7H,2-3H2,1H3,(H,11,12);1-2H3. The van der Waals surface area contributed by atoms with Crippen LogP contribution in [0.4, 0.5) is 10.2 Å². The molecule has 1 saturated carbocycles. The van der Waals surface area contributed by atoms with Gasteiger partial charge in [-0.15, -0.1) is 0 Å². The first-order valence-corrected chi connectivity index (χ1v) is 5.14. The topological polar surface area (TPSA) is 24.9 Å². The van der Waals surface area contributed by atoms with Crippen LogP contribution in [0.1, 0.15) is 32.3 Å². The lowest BCUT2D eigenvalue weighted by Gasteiger charge is -2.04. The van der Waals surface area contributed by atoms with E-state index in [1.54, 1.807) is 6.20 Å². The number of pyridine rings is 1. The lowest BCUT2D eigenvalue weighted by Crippen LogP contribution is -2.05. The Morgan fingerprint density at radius 1 is 1.43 bits per heavy atom. The van der Waals surface area contributed by atoms with Crippen LogP contribution in [0.15, 0.2) is 12.3 Å². The van der Waals surface area contributed by atoms with Crippen molar-refractivity contribution >= 4 is 5.82 Å². The molecule has 1 heterocycles. The average Bonchev–Trinajstić information content (AvgIpc) is 2.97. The van der Waals surface area contributed by atoms with E-state index in [1.165, 1.54) is 6.07 Å². The Morgan fingerprint density at radius 2 is 2.07 bits per heavy atom. The second kappa shape index (κ2) is 4.94. The summed E-state index contributed by atoms with van der Waals surface area (Å²) in [6, 6.07) is 1.95. The van der Waals surface area contributed by atoms with Crippen LogP contribution in [-0.4, -0.2) is 11.0 Å². The molecule has 2 nitrogen and oxygen atoms in total. The maximum absolute atomic E-state index is 13.1. The van der Waals surface area contributed by atoms with Gasteiger partial charge in [0.2, 0.25) is 0 Å². The van der Waals surface area contributed by atoms with E-state index in [-0.39, 0.29) is 5.82 Å². The van der Waals surface area contributed by atoms with Crippen LogP contribution in [0.2, 0.25) is 0 Å². The number of nitrogens with one attached hydrogen (secondary N) is 1. The number of halogens is 1. The van der Waals surface area contributed by atoms with Gasteiger partial charge in [0, 0.05) is 12.2 Å². The quantitative estimate of drug-likeness (QED) is 0.786. The van der Waals surface area contributed by atoms with Crippen molar-refractivity contribution in [1.29, 1.82) is 0 Å². The van der Waals surface area contributed by atoms with E-state index in [1.807, 2.05) is 20.8 Å². The summed E-state index contributed by atoms with van der Waals surface area (Å²) in [6.45, 7) is 5.83. The largest absolute Gasteiger partial charge is 0.365 e. The van der Waals surface area contributed by atoms with Crippen LogP contribution < -0.4 is 5.32 Å². The van der Waals surface area contributed by atoms with Crippen molar-refractivity contribution in [3.05, 3.63) is 23.6 Å². The van der Waals surface area contributed by atoms with Crippen molar-refractivity contribution in [1.82, 2.24) is 4.98 Å². The molecule has 0 unspecified atom stereocenters. The van der Waals surface area contributed by atoms with Gasteiger partial charge in [-0.3, -0.25) is 0 Å². The highest BCUT2D eigenvalue weighted by Crippen LogP contribution is 2.24. The van der Waals surface area contributed by atoms with Crippen molar-refractivity contribution in [2.45, 2.75) is 39.7 Å². The predicted molar refractivity (Wildman–Crippen MR) is 56.9 cm³/mol. The second-order valence-electron chi connectivity index (χ2n) is 3.26. The Hall–Kier alpha value is -1.12. The smallest absolute Gasteiger partial charge is 0.165 e. The summed E-state index contributed by atoms with van der Waals surface area (Å²) in [6.07, 6.45) is 3.94. The molecule has 1 aromatic rings. The Kier molecular flexibility index (Phi) is 3.86. The molecule has 1 aliphatic rings. The summed E-state index contributed by atoms with van der Waals surface area (Å²) in [7, 11) is 0. The fraction of sp³-hybridized carbons (Fsp3) is 0.545. The summed E-state index contributed by atoms with van der Waals surface area (Å²) in [5, 5.41) is 3.03. The minimum Gasteiger partial charge on any atom is -0.365 e. The first-order valence-electron chi connectivity index (χ1n) is 5.14. The van der Waals surface area contributed by atoms with Gasteiger partial charge in [-0.2, -0.15) is 0 Å². The van der Waals surface area contributed by atoms with E-state index in [0.29, 0.717) is 11.9 Å². The van der Waals surface area contributed by atoms with Crippen molar-refractivity contribution in [2.75, 3.05) is 5.32 Å². The highest BCUT2D eigenvalue weighted by Gasteiger charge is 2.22. The molecular weight excluding hydrogens is 179 g/mol. The molecular formula is C11H17FN2. The Morgan fingerprint density at radius 3 is 2.57 bits per heavy atom. The highest BCUT2D eigenvalue weighted by atomic mass is 19.1. The highest BCUT2D eigenvalue weighted by molar-refractivity contribution is 5.39. The van der Waals surface area contributed by atoms with E-state index in [2.05, 4.69) is 10.3 Å². The number of hydrogen-bond donors (Lipinski definition) is 1. The maximum Gasteiger partial charge on any atom is 0.165 e. The summed E-state index contributed by atoms with van der Waals surface area (Å²) in [4.78, 5) is 3.97. The van der Waals surface area contributed by atoms with Crippen molar-refractivity contribution in [3.63, 3.8) is 0 Å². The zero-order valence-corrected chi connectivity index (χ0v) is 8.97. The lowest BCUT2D eigenvalue weighted by molar-refractivity contribution is 0.622. The first-order chi connectivity index (χ1) is 6.75. The summed E-state index contributed by atoms with van der Waals surface area (Å²) < 4.78 is 13.1. The van der Waals surface area contributed by atoms with E-state index >= 15 is 0 Å². The molecule has 0 atom stereocenters. The van der Waals surface area contributed by atoms with E-state index < -0.39 is 0 Å². The van der Waals surface area contributed by atoms with Gasteiger partial charge in [-0.25, -0.2) is 9.37 Å². The van der Waals surface area contributed by atoms with E-state index in [9.17, 15) is 4.39 Å². The lowest BCUT2D eigenvalue weighted by atomic mass is 10.3. The molecule has 2 rings (SSSR count). The third-order valence-electron chi connectivity index (χ3n) is 1.90. The van der Waals surface area contributed by atoms with Crippen molar-refractivity contribution in [3.8, 4) is 0 Å². The van der Waals surface area contributed by atoms with E-state index in [4.69, 9.17) is 0 Å². The first kappa shape index (κ1) is 11.0. The second-order valence-corrected chi connectivity index (χ2v) is 3.26. The SMILES string of the molecule is CC.Cc1cnc(NC2CC2)c(F)c1. The number of aromatic nitrogens is 1. The molecule has 0 amide bonds. The molecule has 0 aromatic carbocycles. The monoisotopic (exact) mass is 196 g/mol. The summed E-state index contributed by atoms with van der Waals surface area (Å²) >= 11 is 0. The Labute approximate surface area is 84.6 Å². The normalized spacial score (nSPS) is 14.3. The van der Waals surface area contributed by atoms with Gasteiger partial charge >= 0.3 is 0 Å². The molecule has 0 aliphatic heterocycles. The zero-order chi connectivity index (χ0) is 10.6. The van der Waals surface area contributed by atoms with Crippen LogP contribution >= 0.6 is 0 Å². The maximum atomic E-state index is 13.1. The van der Waals surface area contributed by atoms with Gasteiger partial charge in [0.15, 0.2) is 11.6 Å². The zero-order valence-electron chi connectivity index (χ0n) is 8.97. The number of hydrogen-bond acceptors (Lipinski definition) is 2. The summed E-state index contributed by atoms with van der Waals surface area (Å²) in [5.74, 6) is 0.144. The molecule has 0 bridgehead atoms. The third kappa shape index (κ3) is 2.98. The molecule has 78 valence electrons. The average molecular weight is 196 g/mol. The molecule has 3 heteroatoms. The Bertz CT molecular complexity index is 295. The minimum atomic E-state index is -0.248. The van der Waals surface area contributed by atoms with Crippen molar-refractivity contribution in [2.24, 2.45) is 0 Å². The predicted octanol–water partition coefficient (Wildman–Crippen LogP) is 3.13. The van der Waals surface area contributed by atoms with Gasteiger partial charge in [0.25, 0.3) is 0 Å². The van der Waals surface area contributed by atoms with Gasteiger partial charge in [0.05, 0.1) is 0 Å². The minimum absolute atomic E-state index is 0.248. The number of nitrogens with zero attached hydrogens (tertiary/aromatic N) is 1. The Balaban J connectivity index is 0.000000461. The molecule has 1 fully saturated rings. The third-order valence-corrected chi connectivity index (χ3v) is 1.90. The van der Waals surface area contributed by atoms with Gasteiger partial charge in [0.1, 0.15) is 0 Å². The molecule has 1 N–H and O–H groups in total. The van der Waals surface area contributed by atoms with Crippen LogP contribution in [0, 0.1) is 12.7 Å². The van der Waals surface area contributed by atoms with Crippen molar-refractivity contribution < 1.29 is 4.39 Å². The number of aryl methyl sites for hydroxylation is 1. The summed E-state index contributed by atoms with van der Waals surface area (Å²) in [5.41, 5.74) is 0.855. The molecule has 0 radical (unpaired) electrons. The van der Waals surface area contributed by atoms with Gasteiger partial charge in [-0.05, 0) is 31.4 Å². The van der Waals surface area contributed by atoms with Crippen LogP contribution in [0.5, 0.6) is 0 Å². The van der Waals surface area contributed by atoms with Crippen LogP contribution in [0.3, 0.4) is 0 Å². The molecule has 14 heavy (non-hydrogen) atoms. The number of anilines is 1. The fourth-order valence-electron chi connectivity index (χ4n) is 1.06. The van der Waals surface area contributed by atoms with Gasteiger partial charge in [-0.1, -0.05) is 13.8 Å². The molecule has 1 aromatic heterocycles. The fourth-order valence-corrected chi connectivity index (χ4v) is 1.06. The van der Waals surface area contributed by atoms with Crippen LogP contribution in [-0.2, 0) is 0 Å². The molecule has 0 spiro atoms. The van der Waals surface area contributed by atoms with Crippen LogP contribution in [0.25, 0.3) is 0 Å². The molecule has 1 aliphatic carbocycles. The number of rotatable bonds is 2.